The topological polar surface area (TPSA) is 184 Å². The molecule has 0 unspecified atom stereocenters. The number of esters is 1. The number of carbonyl (C=O) groups is 4. The molecular weight excluding hydrogens is 880 g/mol. The van der Waals surface area contributed by atoms with Gasteiger partial charge in [-0.1, -0.05) is 181 Å². The summed E-state index contributed by atoms with van der Waals surface area (Å²) in [5.41, 5.74) is 5.21. The second kappa shape index (κ2) is 28.3. The maximum Gasteiger partial charge on any atom is 1.00 e. The summed E-state index contributed by atoms with van der Waals surface area (Å²) in [6.45, 7) is 0.922. The molecule has 70 heavy (non-hydrogen) atoms. The quantitative estimate of drug-likeness (QED) is 0.108. The molecule has 2 fully saturated rings. The largest absolute Gasteiger partial charge is 1.00 e. The number of hydrogen-bond acceptors (Lipinski definition) is 8. The van der Waals surface area contributed by atoms with Crippen LogP contribution in [0.1, 0.15) is 58.1 Å². The van der Waals surface area contributed by atoms with Crippen molar-refractivity contribution in [3.63, 3.8) is 0 Å². The van der Waals surface area contributed by atoms with Crippen LogP contribution in [0, 0.1) is 23.7 Å². The van der Waals surface area contributed by atoms with Crippen LogP contribution in [0.4, 0.5) is 0 Å². The zero-order valence-corrected chi connectivity index (χ0v) is 39.2. The number of likely N-dealkylation sites (tertiary alicyclic amines) is 2. The van der Waals surface area contributed by atoms with Gasteiger partial charge in [-0.05, 0) is 46.5 Å². The van der Waals surface area contributed by atoms with Crippen LogP contribution in [0.25, 0.3) is 0 Å². The van der Waals surface area contributed by atoms with Crippen molar-refractivity contribution in [1.82, 2.24) is 9.80 Å². The number of amides is 2. The third-order valence-corrected chi connectivity index (χ3v) is 11.7. The third-order valence-electron chi connectivity index (χ3n) is 11.7. The first-order valence-corrected chi connectivity index (χ1v) is 22.2. The summed E-state index contributed by atoms with van der Waals surface area (Å²) in [7, 11) is 1.34. The van der Waals surface area contributed by atoms with E-state index in [-0.39, 0.29) is 80.0 Å². The smallest absolute Gasteiger partial charge is 0.870 e. The number of ether oxygens (including phenoxy) is 3. The van der Waals surface area contributed by atoms with E-state index in [0.29, 0.717) is 13.0 Å². The van der Waals surface area contributed by atoms with E-state index in [4.69, 9.17) is 14.2 Å². The van der Waals surface area contributed by atoms with Gasteiger partial charge in [0.2, 0.25) is 11.8 Å². The van der Waals surface area contributed by atoms with Crippen molar-refractivity contribution in [3.05, 3.63) is 215 Å². The number of aliphatic carboxylic acids is 1. The molecule has 6 aromatic rings. The van der Waals surface area contributed by atoms with E-state index in [9.17, 15) is 24.3 Å². The first kappa shape index (κ1) is 55.4. The van der Waals surface area contributed by atoms with Crippen molar-refractivity contribution in [1.29, 1.82) is 0 Å². The molecule has 2 aliphatic heterocycles. The Labute approximate surface area is 421 Å². The molecule has 13 heteroatoms. The minimum Gasteiger partial charge on any atom is -0.870 e. The van der Waals surface area contributed by atoms with Crippen LogP contribution in [0.15, 0.2) is 182 Å². The van der Waals surface area contributed by atoms with Gasteiger partial charge in [0.05, 0.1) is 31.2 Å². The Kier molecular flexibility index (Phi) is 22.4. The Morgan fingerprint density at radius 3 is 1.14 bits per heavy atom. The maximum atomic E-state index is 13.9. The summed E-state index contributed by atoms with van der Waals surface area (Å²) in [4.78, 5) is 55.2. The van der Waals surface area contributed by atoms with E-state index < -0.39 is 35.9 Å². The standard InChI is InChI=1S/C29H27NO4.C28H25NO4.Li.2H2O/c1-33-29(32)26-20-25(34-19-11-14-22-12-5-2-6-13-22)21-30(26)28(31)27(23-15-7-3-8-16-23)24-17-9-4-10-18-24;30-27(26(22-14-6-2-7-15-22)23-16-8-3-9-17-23)29-20-24(19-25(29)28(31)32)33-18-10-13-21-11-4-1-5-12-21;;;/h2-10,12-13,15-18,25-27H,19-21H2,1H3;1-9,11-12,14-17,24-26H,18-20H2,(H,31,32);;2*1H2/q;;+1;;/p-1/t25-,26-;24-,25-;;;/m00.../s1. The second-order valence-corrected chi connectivity index (χ2v) is 16.1. The Hall–Kier alpha value is -7.24. The van der Waals surface area contributed by atoms with Gasteiger partial charge in [-0.3, -0.25) is 9.59 Å². The van der Waals surface area contributed by atoms with E-state index in [1.165, 1.54) is 12.0 Å². The molecule has 0 aromatic heterocycles. The SMILES string of the molecule is COC(=O)[C@@H]1C[C@H](OCC#Cc2ccccc2)CN1C(=O)C(c1ccccc1)c1ccccc1.O.O=C(O)[C@@H]1C[C@H](OCC#Cc2ccccc2)CN1C(=O)C(c1ccccc1)c1ccccc1.[Li+].[OH-]. The normalized spacial score (nSPS) is 16.6. The summed E-state index contributed by atoms with van der Waals surface area (Å²) < 4.78 is 16.8. The fourth-order valence-corrected chi connectivity index (χ4v) is 8.42. The van der Waals surface area contributed by atoms with Gasteiger partial charge in [-0.15, -0.1) is 0 Å². The predicted octanol–water partition coefficient (Wildman–Crippen LogP) is 3.97. The molecule has 0 radical (unpaired) electrons. The summed E-state index contributed by atoms with van der Waals surface area (Å²) in [5.74, 6) is 9.13. The zero-order valence-electron chi connectivity index (χ0n) is 39.2. The third kappa shape index (κ3) is 14.9. The molecular formula is C57H55LiN2O10. The average Bonchev–Trinajstić information content (AvgIpc) is 4.02. The molecule has 4 N–H and O–H groups in total. The van der Waals surface area contributed by atoms with Crippen LogP contribution in [-0.4, -0.2) is 107 Å². The van der Waals surface area contributed by atoms with Crippen LogP contribution in [-0.2, 0) is 33.4 Å². The van der Waals surface area contributed by atoms with E-state index in [1.807, 2.05) is 182 Å². The molecule has 354 valence electrons. The minimum atomic E-state index is -1.02. The summed E-state index contributed by atoms with van der Waals surface area (Å²) in [6, 6.07) is 55.8. The predicted molar refractivity (Wildman–Crippen MR) is 261 cm³/mol. The second-order valence-electron chi connectivity index (χ2n) is 16.1. The molecule has 4 atom stereocenters. The number of nitrogens with zero attached hydrogens (tertiary/aromatic N) is 2. The zero-order chi connectivity index (χ0) is 46.8. The van der Waals surface area contributed by atoms with Crippen LogP contribution < -0.4 is 18.9 Å². The van der Waals surface area contributed by atoms with Gasteiger partial charge in [0.1, 0.15) is 25.3 Å². The number of benzene rings is 6. The maximum absolute atomic E-state index is 13.9. The number of hydrogen-bond donors (Lipinski definition) is 1. The molecule has 0 saturated carbocycles. The number of carboxylic acid groups (broad SMARTS) is 1. The molecule has 12 nitrogen and oxygen atoms in total. The van der Waals surface area contributed by atoms with Crippen molar-refractivity contribution < 1.29 is 68.3 Å². The van der Waals surface area contributed by atoms with Crippen LogP contribution >= 0.6 is 0 Å². The Morgan fingerprint density at radius 2 is 0.829 bits per heavy atom. The first-order valence-electron chi connectivity index (χ1n) is 22.2. The minimum absolute atomic E-state index is 0. The Bertz CT molecular complexity index is 2600. The number of rotatable bonds is 12. The molecule has 0 spiro atoms. The van der Waals surface area contributed by atoms with E-state index >= 15 is 0 Å². The Balaban J connectivity index is 0.000000292. The number of carbonyl (C=O) groups excluding carboxylic acids is 3. The van der Waals surface area contributed by atoms with Gasteiger partial charge in [0.15, 0.2) is 0 Å². The van der Waals surface area contributed by atoms with Gasteiger partial charge in [0.25, 0.3) is 0 Å². The molecule has 0 aliphatic carbocycles. The van der Waals surface area contributed by atoms with E-state index in [0.717, 1.165) is 33.4 Å². The summed E-state index contributed by atoms with van der Waals surface area (Å²) in [5, 5.41) is 9.82. The van der Waals surface area contributed by atoms with Gasteiger partial charge in [-0.25, -0.2) is 9.59 Å². The van der Waals surface area contributed by atoms with Crippen molar-refractivity contribution >= 4 is 23.8 Å². The molecule has 2 heterocycles. The molecule has 8 rings (SSSR count). The fourth-order valence-electron chi connectivity index (χ4n) is 8.42. The van der Waals surface area contributed by atoms with Gasteiger partial charge < -0.3 is 40.1 Å². The van der Waals surface area contributed by atoms with E-state index in [1.54, 1.807) is 4.90 Å². The van der Waals surface area contributed by atoms with Crippen LogP contribution in [0.3, 0.4) is 0 Å². The summed E-state index contributed by atoms with van der Waals surface area (Å²) >= 11 is 0. The first-order chi connectivity index (χ1) is 32.8. The molecule has 0 bridgehead atoms. The van der Waals surface area contributed by atoms with Crippen LogP contribution in [0.2, 0.25) is 0 Å². The molecule has 2 amide bonds. The van der Waals surface area contributed by atoms with E-state index in [2.05, 4.69) is 23.7 Å². The van der Waals surface area contributed by atoms with Gasteiger partial charge in [-0.2, -0.15) is 0 Å². The fraction of sp³-hybridized carbons (Fsp3) is 0.228. The van der Waals surface area contributed by atoms with Crippen molar-refractivity contribution in [2.45, 2.75) is 49.0 Å². The molecule has 6 aromatic carbocycles. The number of carboxylic acids is 1. The average molecular weight is 935 g/mol. The van der Waals surface area contributed by atoms with Gasteiger partial charge >= 0.3 is 30.8 Å². The Morgan fingerprint density at radius 1 is 0.529 bits per heavy atom. The molecule has 2 aliphatic rings. The van der Waals surface area contributed by atoms with Gasteiger partial charge in [0, 0.05) is 37.1 Å². The summed E-state index contributed by atoms with van der Waals surface area (Å²) in [6.07, 6.45) is -0.0656. The monoisotopic (exact) mass is 934 g/mol. The van der Waals surface area contributed by atoms with Crippen LogP contribution in [0.5, 0.6) is 0 Å². The van der Waals surface area contributed by atoms with Crippen molar-refractivity contribution in [3.8, 4) is 23.7 Å². The van der Waals surface area contributed by atoms with Crippen molar-refractivity contribution in [2.75, 3.05) is 33.4 Å². The van der Waals surface area contributed by atoms with Crippen molar-refractivity contribution in [2.24, 2.45) is 0 Å². The number of methoxy groups -OCH3 is 1. The molecule has 2 saturated heterocycles.